The molecular formula is C17H19F2N3O3S. The van der Waals surface area contributed by atoms with Gasteiger partial charge in [0.2, 0.25) is 10.0 Å². The van der Waals surface area contributed by atoms with Gasteiger partial charge in [0, 0.05) is 25.4 Å². The molecule has 1 aliphatic heterocycles. The zero-order chi connectivity index (χ0) is 18.6. The van der Waals surface area contributed by atoms with Gasteiger partial charge in [-0.15, -0.1) is 0 Å². The summed E-state index contributed by atoms with van der Waals surface area (Å²) in [5.74, 6) is -1.17. The van der Waals surface area contributed by atoms with Gasteiger partial charge < -0.3 is 10.1 Å². The molecule has 1 N–H and O–H groups in total. The number of ether oxygens (including phenoxy) is 1. The molecule has 1 saturated heterocycles. The minimum atomic E-state index is -3.47. The van der Waals surface area contributed by atoms with Crippen LogP contribution in [-0.2, 0) is 10.0 Å². The summed E-state index contributed by atoms with van der Waals surface area (Å²) in [4.78, 5) is 4.27. The molecule has 2 heterocycles. The second-order valence-electron chi connectivity index (χ2n) is 5.84. The Morgan fingerprint density at radius 1 is 1.12 bits per heavy atom. The predicted molar refractivity (Wildman–Crippen MR) is 92.6 cm³/mol. The molecule has 2 aromatic rings. The average molecular weight is 383 g/mol. The first-order valence-corrected chi connectivity index (χ1v) is 9.69. The van der Waals surface area contributed by atoms with E-state index >= 15 is 0 Å². The molecule has 0 unspecified atom stereocenters. The van der Waals surface area contributed by atoms with Crippen LogP contribution < -0.4 is 10.1 Å². The van der Waals surface area contributed by atoms with Gasteiger partial charge in [0.1, 0.15) is 23.1 Å². The number of rotatable bonds is 7. The Morgan fingerprint density at radius 2 is 1.88 bits per heavy atom. The van der Waals surface area contributed by atoms with E-state index in [9.17, 15) is 17.2 Å². The van der Waals surface area contributed by atoms with Crippen LogP contribution >= 0.6 is 0 Å². The number of pyridine rings is 1. The van der Waals surface area contributed by atoms with Crippen LogP contribution in [0.2, 0.25) is 0 Å². The Kier molecular flexibility index (Phi) is 5.67. The van der Waals surface area contributed by atoms with Crippen molar-refractivity contribution >= 4 is 15.8 Å². The number of benzene rings is 1. The number of anilines is 1. The van der Waals surface area contributed by atoms with Gasteiger partial charge in [-0.3, -0.25) is 0 Å². The Morgan fingerprint density at radius 3 is 2.54 bits per heavy atom. The Hall–Kier alpha value is -2.26. The molecule has 0 aliphatic carbocycles. The quantitative estimate of drug-likeness (QED) is 0.745. The smallest absolute Gasteiger partial charge is 0.244 e. The zero-order valence-corrected chi connectivity index (χ0v) is 14.8. The standard InChI is InChI=1S/C17H19F2N3O3S/c18-15-5-3-13(11-16(15)19)25-10-7-20-17-6-4-14(12-21-17)26(23,24)22-8-1-2-9-22/h3-6,11-12H,1-2,7-10H2,(H,20,21). The van der Waals surface area contributed by atoms with Crippen molar-refractivity contribution in [1.29, 1.82) is 0 Å². The molecule has 1 aliphatic rings. The lowest BCUT2D eigenvalue weighted by Gasteiger charge is -2.15. The van der Waals surface area contributed by atoms with E-state index in [2.05, 4.69) is 10.3 Å². The minimum absolute atomic E-state index is 0.169. The number of halogens is 2. The molecule has 3 rings (SSSR count). The van der Waals surface area contributed by atoms with E-state index < -0.39 is 21.7 Å². The van der Waals surface area contributed by atoms with E-state index in [1.54, 1.807) is 6.07 Å². The second kappa shape index (κ2) is 7.96. The van der Waals surface area contributed by atoms with Crippen LogP contribution in [0.4, 0.5) is 14.6 Å². The topological polar surface area (TPSA) is 71.5 Å². The summed E-state index contributed by atoms with van der Waals surface area (Å²) >= 11 is 0. The first kappa shape index (κ1) is 18.5. The number of aromatic nitrogens is 1. The summed E-state index contributed by atoms with van der Waals surface area (Å²) in [6.45, 7) is 1.66. The summed E-state index contributed by atoms with van der Waals surface area (Å²) in [6, 6.07) is 6.42. The zero-order valence-electron chi connectivity index (χ0n) is 14.0. The number of hydrogen-bond acceptors (Lipinski definition) is 5. The first-order chi connectivity index (χ1) is 12.5. The molecule has 1 aromatic heterocycles. The van der Waals surface area contributed by atoms with Crippen LogP contribution in [0.25, 0.3) is 0 Å². The molecule has 1 aromatic carbocycles. The molecule has 0 radical (unpaired) electrons. The molecule has 6 nitrogen and oxygen atoms in total. The lowest BCUT2D eigenvalue weighted by atomic mass is 10.3. The molecule has 0 spiro atoms. The van der Waals surface area contributed by atoms with Crippen molar-refractivity contribution in [2.24, 2.45) is 0 Å². The van der Waals surface area contributed by atoms with Crippen molar-refractivity contribution in [3.63, 3.8) is 0 Å². The summed E-state index contributed by atoms with van der Waals surface area (Å²) in [6.07, 6.45) is 3.08. The maximum atomic E-state index is 13.1. The van der Waals surface area contributed by atoms with E-state index in [1.165, 1.54) is 22.6 Å². The van der Waals surface area contributed by atoms with E-state index in [0.29, 0.717) is 25.5 Å². The van der Waals surface area contributed by atoms with Crippen molar-refractivity contribution in [3.8, 4) is 5.75 Å². The summed E-state index contributed by atoms with van der Waals surface area (Å²) in [7, 11) is -3.47. The summed E-state index contributed by atoms with van der Waals surface area (Å²) < 4.78 is 57.5. The molecule has 0 bridgehead atoms. The van der Waals surface area contributed by atoms with Crippen LogP contribution in [0.15, 0.2) is 41.4 Å². The van der Waals surface area contributed by atoms with Gasteiger partial charge >= 0.3 is 0 Å². The van der Waals surface area contributed by atoms with E-state index in [4.69, 9.17) is 4.74 Å². The third-order valence-corrected chi connectivity index (χ3v) is 5.89. The summed E-state index contributed by atoms with van der Waals surface area (Å²) in [5, 5.41) is 2.98. The van der Waals surface area contributed by atoms with E-state index in [-0.39, 0.29) is 17.3 Å². The van der Waals surface area contributed by atoms with Crippen LogP contribution in [0.3, 0.4) is 0 Å². The monoisotopic (exact) mass is 383 g/mol. The van der Waals surface area contributed by atoms with E-state index in [0.717, 1.165) is 25.0 Å². The number of hydrogen-bond donors (Lipinski definition) is 1. The van der Waals surface area contributed by atoms with Crippen LogP contribution in [0.1, 0.15) is 12.8 Å². The highest BCUT2D eigenvalue weighted by molar-refractivity contribution is 7.89. The molecule has 26 heavy (non-hydrogen) atoms. The lowest BCUT2D eigenvalue weighted by Crippen LogP contribution is -2.28. The second-order valence-corrected chi connectivity index (χ2v) is 7.78. The fourth-order valence-electron chi connectivity index (χ4n) is 2.63. The SMILES string of the molecule is O=S(=O)(c1ccc(NCCOc2ccc(F)c(F)c2)nc1)N1CCCC1. The fraction of sp³-hybridized carbons (Fsp3) is 0.353. The number of sulfonamides is 1. The number of nitrogens with zero attached hydrogens (tertiary/aromatic N) is 2. The van der Waals surface area contributed by atoms with Gasteiger partial charge in [0.05, 0.1) is 6.54 Å². The molecular weight excluding hydrogens is 364 g/mol. The maximum Gasteiger partial charge on any atom is 0.244 e. The van der Waals surface area contributed by atoms with Crippen molar-refractivity contribution in [3.05, 3.63) is 48.2 Å². The Labute approximate surface area is 150 Å². The highest BCUT2D eigenvalue weighted by Crippen LogP contribution is 2.21. The summed E-state index contributed by atoms with van der Waals surface area (Å²) in [5.41, 5.74) is 0. The van der Waals surface area contributed by atoms with Crippen LogP contribution in [0, 0.1) is 11.6 Å². The molecule has 9 heteroatoms. The van der Waals surface area contributed by atoms with Gasteiger partial charge in [-0.25, -0.2) is 22.2 Å². The third-order valence-electron chi connectivity index (χ3n) is 4.01. The maximum absolute atomic E-state index is 13.1. The molecule has 0 saturated carbocycles. The van der Waals surface area contributed by atoms with Crippen molar-refractivity contribution < 1.29 is 21.9 Å². The van der Waals surface area contributed by atoms with Crippen molar-refractivity contribution in [2.45, 2.75) is 17.7 Å². The molecule has 0 amide bonds. The average Bonchev–Trinajstić information content (AvgIpc) is 3.18. The van der Waals surface area contributed by atoms with Crippen molar-refractivity contribution in [2.75, 3.05) is 31.6 Å². The number of nitrogens with one attached hydrogen (secondary N) is 1. The van der Waals surface area contributed by atoms with Gasteiger partial charge in [-0.1, -0.05) is 0 Å². The molecule has 1 fully saturated rings. The van der Waals surface area contributed by atoms with Gasteiger partial charge in [0.15, 0.2) is 11.6 Å². The normalized spacial score (nSPS) is 15.2. The highest BCUT2D eigenvalue weighted by atomic mass is 32.2. The third kappa shape index (κ3) is 4.28. The van der Waals surface area contributed by atoms with Gasteiger partial charge in [-0.2, -0.15) is 4.31 Å². The van der Waals surface area contributed by atoms with Crippen LogP contribution in [0.5, 0.6) is 5.75 Å². The van der Waals surface area contributed by atoms with E-state index in [1.807, 2.05) is 0 Å². The predicted octanol–water partition coefficient (Wildman–Crippen LogP) is 2.64. The van der Waals surface area contributed by atoms with Gasteiger partial charge in [0.25, 0.3) is 0 Å². The minimum Gasteiger partial charge on any atom is -0.492 e. The van der Waals surface area contributed by atoms with Crippen molar-refractivity contribution in [1.82, 2.24) is 9.29 Å². The van der Waals surface area contributed by atoms with Gasteiger partial charge in [-0.05, 0) is 37.1 Å². The lowest BCUT2D eigenvalue weighted by molar-refractivity contribution is 0.329. The molecule has 0 atom stereocenters. The fourth-order valence-corrected chi connectivity index (χ4v) is 4.09. The molecule has 140 valence electrons. The highest BCUT2D eigenvalue weighted by Gasteiger charge is 2.27. The Bertz CT molecular complexity index is 854. The Balaban J connectivity index is 1.50. The largest absolute Gasteiger partial charge is 0.492 e. The van der Waals surface area contributed by atoms with Crippen LogP contribution in [-0.4, -0.2) is 43.9 Å². The first-order valence-electron chi connectivity index (χ1n) is 8.25.